The summed E-state index contributed by atoms with van der Waals surface area (Å²) in [6, 6.07) is 6.60. The molecule has 0 saturated carbocycles. The predicted molar refractivity (Wildman–Crippen MR) is 63.1 cm³/mol. The highest BCUT2D eigenvalue weighted by Crippen LogP contribution is 2.54. The largest absolute Gasteiger partial charge is 0.460 e. The lowest BCUT2D eigenvalue weighted by atomic mass is 10.1. The molecule has 1 aromatic carbocycles. The van der Waals surface area contributed by atoms with Gasteiger partial charge in [-0.15, -0.1) is 0 Å². The lowest BCUT2D eigenvalue weighted by Gasteiger charge is -2.31. The van der Waals surface area contributed by atoms with Crippen LogP contribution in [0, 0.1) is 0 Å². The van der Waals surface area contributed by atoms with E-state index in [0.717, 1.165) is 0 Å². The number of nitrogens with zero attached hydrogens (tertiary/aromatic N) is 1. The van der Waals surface area contributed by atoms with Crippen LogP contribution in [-0.4, -0.2) is 33.7 Å². The number of alkyl halides is 9. The van der Waals surface area contributed by atoms with E-state index in [9.17, 15) is 43.7 Å². The molecular weight excluding hydrogens is 365 g/mol. The molecule has 0 radical (unpaired) electrons. The molecule has 0 heterocycles. The smallest absolute Gasteiger partial charge is 0.228 e. The van der Waals surface area contributed by atoms with Crippen molar-refractivity contribution >= 4 is 17.2 Å². The van der Waals surface area contributed by atoms with E-state index in [4.69, 9.17) is 0 Å². The minimum Gasteiger partial charge on any atom is -0.228 e. The molecule has 0 aliphatic rings. The zero-order chi connectivity index (χ0) is 18.1. The number of benzene rings is 1. The molecule has 0 fully saturated rings. The van der Waals surface area contributed by atoms with Gasteiger partial charge in [0, 0.05) is 6.21 Å². The van der Waals surface area contributed by atoms with E-state index in [1.807, 2.05) is 0 Å². The molecule has 12 heteroatoms. The first kappa shape index (κ1) is 19.5. The second kappa shape index (κ2) is 6.13. The van der Waals surface area contributed by atoms with Crippen LogP contribution in [0.1, 0.15) is 5.56 Å². The Kier molecular flexibility index (Phi) is 5.19. The average molecular weight is 371 g/mol. The topological polar surface area (TPSA) is 29.4 Å². The SMILES string of the molecule is O=[S@](/N=C/c1ccccc1)C(F)(F)C(F)(F)C(F)(F)C(F)(F)F. The minimum atomic E-state index is -7.10. The van der Waals surface area contributed by atoms with Gasteiger partial charge in [-0.3, -0.25) is 0 Å². The Balaban J connectivity index is 3.14. The van der Waals surface area contributed by atoms with Crippen molar-refractivity contribution in [3.8, 4) is 0 Å². The molecule has 0 N–H and O–H groups in total. The Morgan fingerprint density at radius 3 is 1.74 bits per heavy atom. The Labute approximate surface area is 125 Å². The van der Waals surface area contributed by atoms with E-state index >= 15 is 0 Å². The van der Waals surface area contributed by atoms with Crippen LogP contribution in [0.4, 0.5) is 39.5 Å². The first-order valence-electron chi connectivity index (χ1n) is 5.46. The monoisotopic (exact) mass is 371 g/mol. The van der Waals surface area contributed by atoms with Gasteiger partial charge in [0.05, 0.1) is 0 Å². The van der Waals surface area contributed by atoms with Gasteiger partial charge in [-0.05, 0) is 5.56 Å². The summed E-state index contributed by atoms with van der Waals surface area (Å²) in [5.41, 5.74) is -0.0115. The van der Waals surface area contributed by atoms with Crippen molar-refractivity contribution in [2.45, 2.75) is 23.3 Å². The maximum absolute atomic E-state index is 13.2. The van der Waals surface area contributed by atoms with Gasteiger partial charge in [-0.1, -0.05) is 30.3 Å². The molecule has 130 valence electrons. The number of halogens is 9. The second-order valence-corrected chi connectivity index (χ2v) is 5.28. The maximum atomic E-state index is 13.2. The predicted octanol–water partition coefficient (Wildman–Crippen LogP) is 4.19. The quantitative estimate of drug-likeness (QED) is 0.564. The van der Waals surface area contributed by atoms with Crippen LogP contribution in [0.3, 0.4) is 0 Å². The van der Waals surface area contributed by atoms with Crippen LogP contribution in [0.2, 0.25) is 0 Å². The van der Waals surface area contributed by atoms with Gasteiger partial charge >= 0.3 is 23.3 Å². The molecule has 0 amide bonds. The lowest BCUT2D eigenvalue weighted by Crippen LogP contribution is -2.61. The summed E-state index contributed by atoms with van der Waals surface area (Å²) in [4.78, 5) is 0. The van der Waals surface area contributed by atoms with Crippen molar-refractivity contribution in [2.75, 3.05) is 0 Å². The van der Waals surface area contributed by atoms with Crippen LogP contribution in [0.25, 0.3) is 0 Å². The Hall–Kier alpha value is -1.59. The van der Waals surface area contributed by atoms with Gasteiger partial charge in [0.1, 0.15) is 0 Å². The third kappa shape index (κ3) is 3.51. The van der Waals surface area contributed by atoms with Crippen LogP contribution in [0.15, 0.2) is 34.7 Å². The fourth-order valence-corrected chi connectivity index (χ4v) is 1.88. The highest BCUT2D eigenvalue weighted by molar-refractivity contribution is 7.85. The van der Waals surface area contributed by atoms with Gasteiger partial charge in [-0.25, -0.2) is 4.21 Å². The fourth-order valence-electron chi connectivity index (χ4n) is 1.18. The molecule has 1 atom stereocenters. The van der Waals surface area contributed by atoms with Gasteiger partial charge < -0.3 is 0 Å². The van der Waals surface area contributed by atoms with E-state index < -0.39 is 34.3 Å². The third-order valence-corrected chi connectivity index (χ3v) is 3.42. The standard InChI is InChI=1S/C11H6F9NOS/c12-8(13,10(16,17)18)9(14,15)11(19,20)23(22)21-6-7-4-2-1-3-5-7/h1-6H/b21-6+/t23-/m0/s1. The van der Waals surface area contributed by atoms with Crippen molar-refractivity contribution in [1.29, 1.82) is 0 Å². The van der Waals surface area contributed by atoms with E-state index in [-0.39, 0.29) is 5.56 Å². The molecular formula is C11H6F9NOS. The highest BCUT2D eigenvalue weighted by Gasteiger charge is 2.83. The van der Waals surface area contributed by atoms with Crippen LogP contribution in [0.5, 0.6) is 0 Å². The molecule has 0 unspecified atom stereocenters. The van der Waals surface area contributed by atoms with Gasteiger partial charge in [0.25, 0.3) is 0 Å². The normalized spacial score (nSPS) is 15.9. The summed E-state index contributed by atoms with van der Waals surface area (Å²) >= 11 is 0. The molecule has 0 aliphatic carbocycles. The first-order chi connectivity index (χ1) is 10.2. The zero-order valence-corrected chi connectivity index (χ0v) is 11.4. The summed E-state index contributed by atoms with van der Waals surface area (Å²) in [6.45, 7) is 0. The molecule has 23 heavy (non-hydrogen) atoms. The van der Waals surface area contributed by atoms with Crippen LogP contribution >= 0.6 is 0 Å². The summed E-state index contributed by atoms with van der Waals surface area (Å²) in [7, 11) is -4.38. The van der Waals surface area contributed by atoms with Gasteiger partial charge in [-0.2, -0.15) is 43.9 Å². The van der Waals surface area contributed by atoms with Gasteiger partial charge in [0.2, 0.25) is 11.0 Å². The third-order valence-electron chi connectivity index (χ3n) is 2.43. The molecule has 0 bridgehead atoms. The van der Waals surface area contributed by atoms with Crippen molar-refractivity contribution in [3.63, 3.8) is 0 Å². The molecule has 0 saturated heterocycles. The molecule has 1 aromatic rings. The van der Waals surface area contributed by atoms with E-state index in [1.165, 1.54) is 30.3 Å². The minimum absolute atomic E-state index is 0.0115. The maximum Gasteiger partial charge on any atom is 0.460 e. The number of rotatable bonds is 5. The summed E-state index contributed by atoms with van der Waals surface area (Å²) in [6.07, 6.45) is -6.58. The lowest BCUT2D eigenvalue weighted by molar-refractivity contribution is -0.381. The summed E-state index contributed by atoms with van der Waals surface area (Å²) in [5, 5.41) is -6.25. The Morgan fingerprint density at radius 2 is 1.30 bits per heavy atom. The summed E-state index contributed by atoms with van der Waals surface area (Å²) < 4.78 is 127. The van der Waals surface area contributed by atoms with Crippen molar-refractivity contribution in [2.24, 2.45) is 4.40 Å². The van der Waals surface area contributed by atoms with E-state index in [1.54, 1.807) is 0 Å². The van der Waals surface area contributed by atoms with Gasteiger partial charge in [0.15, 0.2) is 0 Å². The molecule has 2 nitrogen and oxygen atoms in total. The van der Waals surface area contributed by atoms with E-state index in [2.05, 4.69) is 4.40 Å². The van der Waals surface area contributed by atoms with Crippen LogP contribution in [-0.2, 0) is 11.0 Å². The molecule has 0 aromatic heterocycles. The van der Waals surface area contributed by atoms with E-state index in [0.29, 0.717) is 6.21 Å². The Morgan fingerprint density at radius 1 is 0.826 bits per heavy atom. The molecule has 1 rings (SSSR count). The number of hydrogen-bond donors (Lipinski definition) is 0. The van der Waals surface area contributed by atoms with Crippen molar-refractivity contribution in [3.05, 3.63) is 35.9 Å². The highest BCUT2D eigenvalue weighted by atomic mass is 32.2. The number of hydrogen-bond acceptors (Lipinski definition) is 1. The van der Waals surface area contributed by atoms with Crippen molar-refractivity contribution < 1.29 is 43.7 Å². The molecule has 0 aliphatic heterocycles. The first-order valence-corrected chi connectivity index (χ1v) is 6.57. The second-order valence-electron chi connectivity index (χ2n) is 4.06. The zero-order valence-electron chi connectivity index (χ0n) is 10.6. The Bertz CT molecular complexity index is 597. The van der Waals surface area contributed by atoms with Crippen LogP contribution < -0.4 is 0 Å². The fraction of sp³-hybridized carbons (Fsp3) is 0.364. The van der Waals surface area contributed by atoms with Crippen molar-refractivity contribution in [1.82, 2.24) is 0 Å². The summed E-state index contributed by atoms with van der Waals surface area (Å²) in [5.74, 6) is -14.1. The molecule has 0 spiro atoms. The average Bonchev–Trinajstić information content (AvgIpc) is 2.44.